The number of likely N-dealkylation sites (N-methyl/N-ethyl adjacent to an activating group) is 1. The fourth-order valence-corrected chi connectivity index (χ4v) is 8.86. The van der Waals surface area contributed by atoms with Crippen LogP contribution in [0, 0.1) is 11.3 Å². The van der Waals surface area contributed by atoms with E-state index in [-0.39, 0.29) is 35.4 Å². The lowest BCUT2D eigenvalue weighted by Gasteiger charge is -2.47. The van der Waals surface area contributed by atoms with Gasteiger partial charge in [0.15, 0.2) is 5.54 Å². The van der Waals surface area contributed by atoms with Gasteiger partial charge in [0.2, 0.25) is 5.88 Å². The number of nitrogens with zero attached hydrogens (tertiary/aromatic N) is 6. The zero-order chi connectivity index (χ0) is 34.1. The first-order valence-corrected chi connectivity index (χ1v) is 17.9. The number of carbonyl (C=O) groups excluding carboxylic acids is 1. The lowest BCUT2D eigenvalue weighted by Crippen LogP contribution is -2.59. The number of rotatable bonds is 10. The molecule has 0 bridgehead atoms. The van der Waals surface area contributed by atoms with Crippen molar-refractivity contribution in [1.82, 2.24) is 19.7 Å². The molecule has 12 nitrogen and oxygen atoms in total. The van der Waals surface area contributed by atoms with Crippen LogP contribution in [0.2, 0.25) is 0 Å². The molecule has 1 atom stereocenters. The van der Waals surface area contributed by atoms with Crippen molar-refractivity contribution in [3.8, 4) is 23.4 Å². The third-order valence-corrected chi connectivity index (χ3v) is 11.4. The van der Waals surface area contributed by atoms with Crippen LogP contribution < -0.4 is 18.5 Å². The number of pyridine rings is 1. The number of ether oxygens (including phenoxy) is 3. The summed E-state index contributed by atoms with van der Waals surface area (Å²) in [7, 11) is -0.937. The molecule has 2 aromatic carbocycles. The highest BCUT2D eigenvalue weighted by Gasteiger charge is 2.61. The summed E-state index contributed by atoms with van der Waals surface area (Å²) in [4.78, 5) is 26.7. The summed E-state index contributed by atoms with van der Waals surface area (Å²) in [6, 6.07) is 15.2. The Kier molecular flexibility index (Phi) is 9.62. The summed E-state index contributed by atoms with van der Waals surface area (Å²) in [5.74, 6) is 0.0413. The van der Waals surface area contributed by atoms with E-state index in [1.165, 1.54) is 31.4 Å². The molecule has 0 aliphatic carbocycles. The molecule has 2 fully saturated rings. The number of likely N-dealkylation sites (tertiary alicyclic amines) is 1. The Labute approximate surface area is 282 Å². The number of amides is 1. The van der Waals surface area contributed by atoms with Gasteiger partial charge in [-0.05, 0) is 76.2 Å². The van der Waals surface area contributed by atoms with Gasteiger partial charge in [0.05, 0.1) is 37.6 Å². The van der Waals surface area contributed by atoms with Crippen LogP contribution in [0.25, 0.3) is 0 Å². The Hall–Kier alpha value is -4.22. The number of piperazine rings is 1. The molecule has 1 aromatic heterocycles. The number of hydrogen-bond donors (Lipinski definition) is 0. The van der Waals surface area contributed by atoms with Crippen LogP contribution in [-0.4, -0.2) is 107 Å². The molecule has 4 heterocycles. The maximum absolute atomic E-state index is 15.4. The van der Waals surface area contributed by atoms with E-state index in [1.807, 2.05) is 6.92 Å². The van der Waals surface area contributed by atoms with Crippen LogP contribution >= 0.6 is 0 Å². The van der Waals surface area contributed by atoms with Crippen LogP contribution in [0.5, 0.6) is 17.4 Å². The number of anilines is 1. The predicted molar refractivity (Wildman–Crippen MR) is 180 cm³/mol. The Morgan fingerprint density at radius 2 is 1.69 bits per heavy atom. The first kappa shape index (κ1) is 33.7. The molecular weight excluding hydrogens is 632 g/mol. The van der Waals surface area contributed by atoms with Gasteiger partial charge in [-0.3, -0.25) is 14.6 Å². The summed E-state index contributed by atoms with van der Waals surface area (Å²) in [6.07, 6.45) is 3.17. The molecule has 0 radical (unpaired) electrons. The standard InChI is InChI=1S/C35H42N6O6S/c1-5-46-31-23-27(45-4)10-12-32(31)48(43,44)41-30-11-9-25(24-36)22-29(30)35(34(41)42,28-8-7-15-37-33(28)47-6-2)40-16-13-26(14-17-40)39-20-18-38(3)19-21-39/h7-12,15,22-23,26H,5-6,13-14,16-21H2,1-4H3. The van der Waals surface area contributed by atoms with E-state index < -0.39 is 21.5 Å². The number of aromatic nitrogens is 1. The summed E-state index contributed by atoms with van der Waals surface area (Å²) in [6.45, 7) is 9.07. The van der Waals surface area contributed by atoms with Crippen molar-refractivity contribution in [2.75, 3.05) is 70.9 Å². The predicted octanol–water partition coefficient (Wildman–Crippen LogP) is 3.45. The van der Waals surface area contributed by atoms with Crippen LogP contribution in [0.4, 0.5) is 5.69 Å². The maximum atomic E-state index is 15.4. The van der Waals surface area contributed by atoms with Crippen molar-refractivity contribution >= 4 is 21.6 Å². The van der Waals surface area contributed by atoms with Crippen LogP contribution in [0.1, 0.15) is 43.4 Å². The van der Waals surface area contributed by atoms with Crippen LogP contribution in [0.3, 0.4) is 0 Å². The van der Waals surface area contributed by atoms with E-state index in [0.717, 1.165) is 43.3 Å². The Morgan fingerprint density at radius 3 is 2.35 bits per heavy atom. The molecule has 3 aliphatic heterocycles. The monoisotopic (exact) mass is 674 g/mol. The van der Waals surface area contributed by atoms with E-state index in [2.05, 4.69) is 32.8 Å². The van der Waals surface area contributed by atoms with Gasteiger partial charge < -0.3 is 19.1 Å². The lowest BCUT2D eigenvalue weighted by molar-refractivity contribution is -0.128. The SMILES string of the molecule is CCOc1cc(OC)ccc1S(=O)(=O)N1C(=O)C(c2cccnc2OCC)(N2CCC(N3CCN(C)CC3)CC2)c2cc(C#N)ccc21. The summed E-state index contributed by atoms with van der Waals surface area (Å²) < 4.78 is 47.6. The minimum absolute atomic E-state index is 0.0710. The van der Waals surface area contributed by atoms with Gasteiger partial charge in [-0.15, -0.1) is 0 Å². The second-order valence-electron chi connectivity index (χ2n) is 12.2. The molecule has 1 unspecified atom stereocenters. The molecule has 3 aliphatic rings. The van der Waals surface area contributed by atoms with E-state index in [4.69, 9.17) is 14.2 Å². The molecule has 13 heteroatoms. The topological polar surface area (TPSA) is 129 Å². The van der Waals surface area contributed by atoms with Crippen molar-refractivity contribution in [1.29, 1.82) is 5.26 Å². The minimum Gasteiger partial charge on any atom is -0.497 e. The smallest absolute Gasteiger partial charge is 0.274 e. The number of benzene rings is 2. The maximum Gasteiger partial charge on any atom is 0.274 e. The zero-order valence-electron chi connectivity index (χ0n) is 27.9. The van der Waals surface area contributed by atoms with E-state index >= 15 is 4.79 Å². The Balaban J connectivity index is 1.53. The summed E-state index contributed by atoms with van der Waals surface area (Å²) in [5, 5.41) is 10.0. The van der Waals surface area contributed by atoms with E-state index in [0.29, 0.717) is 41.6 Å². The second-order valence-corrected chi connectivity index (χ2v) is 14.0. The van der Waals surface area contributed by atoms with Gasteiger partial charge in [-0.1, -0.05) is 0 Å². The normalized spacial score (nSPS) is 21.1. The van der Waals surface area contributed by atoms with Gasteiger partial charge in [0, 0.05) is 68.7 Å². The largest absolute Gasteiger partial charge is 0.497 e. The Morgan fingerprint density at radius 1 is 0.958 bits per heavy atom. The molecule has 0 saturated carbocycles. The molecule has 2 saturated heterocycles. The van der Waals surface area contributed by atoms with Crippen molar-refractivity contribution in [2.24, 2.45) is 0 Å². The number of hydrogen-bond acceptors (Lipinski definition) is 11. The van der Waals surface area contributed by atoms with E-state index in [9.17, 15) is 13.7 Å². The molecular formula is C35H42N6O6S. The Bertz CT molecular complexity index is 1810. The average molecular weight is 675 g/mol. The summed E-state index contributed by atoms with van der Waals surface area (Å²) >= 11 is 0. The van der Waals surface area contributed by atoms with Gasteiger partial charge in [-0.25, -0.2) is 17.7 Å². The second kappa shape index (κ2) is 13.7. The highest BCUT2D eigenvalue weighted by molar-refractivity contribution is 7.93. The molecule has 6 rings (SSSR count). The van der Waals surface area contributed by atoms with Crippen molar-refractivity contribution < 1.29 is 27.4 Å². The molecule has 254 valence electrons. The molecule has 0 spiro atoms. The van der Waals surface area contributed by atoms with Gasteiger partial charge in [0.25, 0.3) is 15.9 Å². The number of carbonyl (C=O) groups is 1. The van der Waals surface area contributed by atoms with Crippen molar-refractivity contribution in [3.05, 3.63) is 71.4 Å². The average Bonchev–Trinajstić information content (AvgIpc) is 3.37. The molecule has 1 amide bonds. The van der Waals surface area contributed by atoms with Crippen LogP contribution in [0.15, 0.2) is 59.6 Å². The molecule has 3 aromatic rings. The fourth-order valence-electron chi connectivity index (χ4n) is 7.29. The van der Waals surface area contributed by atoms with Gasteiger partial charge >= 0.3 is 0 Å². The number of methoxy groups -OCH3 is 1. The number of sulfonamides is 1. The lowest BCUT2D eigenvalue weighted by atomic mass is 9.80. The highest BCUT2D eigenvalue weighted by atomic mass is 32.2. The minimum atomic E-state index is -4.56. The first-order valence-electron chi connectivity index (χ1n) is 16.4. The third kappa shape index (κ3) is 5.66. The van der Waals surface area contributed by atoms with Gasteiger partial charge in [-0.2, -0.15) is 5.26 Å². The molecule has 0 N–H and O–H groups in total. The van der Waals surface area contributed by atoms with Crippen LogP contribution in [-0.2, 0) is 20.4 Å². The molecule has 48 heavy (non-hydrogen) atoms. The highest BCUT2D eigenvalue weighted by Crippen LogP contribution is 2.53. The number of fused-ring (bicyclic) bond motifs is 1. The van der Waals surface area contributed by atoms with Crippen molar-refractivity contribution in [3.63, 3.8) is 0 Å². The summed E-state index contributed by atoms with van der Waals surface area (Å²) in [5.41, 5.74) is -0.333. The fraction of sp³-hybridized carbons (Fsp3) is 0.457. The number of nitriles is 1. The zero-order valence-corrected chi connectivity index (χ0v) is 28.7. The first-order chi connectivity index (χ1) is 23.2. The van der Waals surface area contributed by atoms with Crippen molar-refractivity contribution in [2.45, 2.75) is 43.2 Å². The number of piperidine rings is 1. The third-order valence-electron chi connectivity index (χ3n) is 9.63. The quantitative estimate of drug-likeness (QED) is 0.314. The van der Waals surface area contributed by atoms with Gasteiger partial charge in [0.1, 0.15) is 16.4 Å². The van der Waals surface area contributed by atoms with E-state index in [1.54, 1.807) is 37.4 Å².